The number of carbonyl (C=O) groups excluding carboxylic acids is 1. The van der Waals surface area contributed by atoms with Crippen molar-refractivity contribution in [1.29, 1.82) is 5.41 Å². The standard InChI is InChI=1S/C16H13ClN2O2/c1-21-11-5-2-9(3-6-11)15(18)14-12-7-4-10(17)8-13(12)19-16(14)20/h2-8,14,18H,1H3,(H,19,20). The number of carbonyl (C=O) groups is 1. The molecule has 5 heteroatoms. The van der Waals surface area contributed by atoms with Gasteiger partial charge in [0.25, 0.3) is 0 Å². The summed E-state index contributed by atoms with van der Waals surface area (Å²) in [5.41, 5.74) is 2.41. The zero-order valence-corrected chi connectivity index (χ0v) is 12.1. The van der Waals surface area contributed by atoms with Crippen LogP contribution in [0.5, 0.6) is 5.75 Å². The fraction of sp³-hybridized carbons (Fsp3) is 0.125. The Morgan fingerprint density at radius 1 is 1.24 bits per heavy atom. The topological polar surface area (TPSA) is 62.2 Å². The highest BCUT2D eigenvalue weighted by Crippen LogP contribution is 2.36. The lowest BCUT2D eigenvalue weighted by Gasteiger charge is -2.11. The second kappa shape index (κ2) is 5.22. The number of ether oxygens (including phenoxy) is 1. The molecular formula is C16H13ClN2O2. The van der Waals surface area contributed by atoms with Gasteiger partial charge in [0.1, 0.15) is 11.7 Å². The molecule has 0 saturated carbocycles. The van der Waals surface area contributed by atoms with Gasteiger partial charge in [-0.2, -0.15) is 0 Å². The molecule has 0 fully saturated rings. The second-order valence-electron chi connectivity index (χ2n) is 4.80. The fourth-order valence-corrected chi connectivity index (χ4v) is 2.63. The lowest BCUT2D eigenvalue weighted by Crippen LogP contribution is -2.21. The minimum atomic E-state index is -0.606. The van der Waals surface area contributed by atoms with Crippen LogP contribution in [0.15, 0.2) is 42.5 Å². The quantitative estimate of drug-likeness (QED) is 0.853. The number of hydrogen-bond acceptors (Lipinski definition) is 3. The molecule has 0 spiro atoms. The highest BCUT2D eigenvalue weighted by atomic mass is 35.5. The highest BCUT2D eigenvalue weighted by molar-refractivity contribution is 6.31. The van der Waals surface area contributed by atoms with Gasteiger partial charge in [-0.15, -0.1) is 0 Å². The molecule has 1 heterocycles. The molecular weight excluding hydrogens is 288 g/mol. The van der Waals surface area contributed by atoms with Crippen LogP contribution in [0.4, 0.5) is 5.69 Å². The van der Waals surface area contributed by atoms with Crippen LogP contribution >= 0.6 is 11.6 Å². The summed E-state index contributed by atoms with van der Waals surface area (Å²) in [6, 6.07) is 12.3. The monoisotopic (exact) mass is 300 g/mol. The van der Waals surface area contributed by atoms with Crippen LogP contribution < -0.4 is 10.1 Å². The molecule has 1 unspecified atom stereocenters. The number of nitrogens with one attached hydrogen (secondary N) is 2. The third kappa shape index (κ3) is 2.38. The van der Waals surface area contributed by atoms with Crippen molar-refractivity contribution in [3.05, 3.63) is 58.6 Å². The molecule has 1 aliphatic heterocycles. The molecule has 2 N–H and O–H groups in total. The average molecular weight is 301 g/mol. The van der Waals surface area contributed by atoms with Gasteiger partial charge in [-0.3, -0.25) is 4.79 Å². The molecule has 1 aliphatic rings. The number of benzene rings is 2. The summed E-state index contributed by atoms with van der Waals surface area (Å²) in [6.45, 7) is 0. The van der Waals surface area contributed by atoms with Crippen LogP contribution in [-0.2, 0) is 4.79 Å². The van der Waals surface area contributed by atoms with E-state index in [1.54, 1.807) is 49.6 Å². The molecule has 106 valence electrons. The number of fused-ring (bicyclic) bond motifs is 1. The van der Waals surface area contributed by atoms with Gasteiger partial charge in [0.2, 0.25) is 5.91 Å². The molecule has 1 amide bonds. The molecule has 2 aromatic carbocycles. The largest absolute Gasteiger partial charge is 0.497 e. The molecule has 2 aromatic rings. The molecule has 0 aromatic heterocycles. The molecule has 0 radical (unpaired) electrons. The summed E-state index contributed by atoms with van der Waals surface area (Å²) in [4.78, 5) is 12.2. The lowest BCUT2D eigenvalue weighted by atomic mass is 9.91. The van der Waals surface area contributed by atoms with Crippen LogP contribution in [0.25, 0.3) is 0 Å². The average Bonchev–Trinajstić information content (AvgIpc) is 2.81. The van der Waals surface area contributed by atoms with E-state index in [1.165, 1.54) is 0 Å². The minimum Gasteiger partial charge on any atom is -0.497 e. The molecule has 21 heavy (non-hydrogen) atoms. The van der Waals surface area contributed by atoms with E-state index in [4.69, 9.17) is 21.7 Å². The zero-order chi connectivity index (χ0) is 15.0. The molecule has 0 aliphatic carbocycles. The van der Waals surface area contributed by atoms with E-state index in [0.29, 0.717) is 16.3 Å². The van der Waals surface area contributed by atoms with Crippen LogP contribution in [0.1, 0.15) is 17.0 Å². The number of methoxy groups -OCH3 is 1. The summed E-state index contributed by atoms with van der Waals surface area (Å²) < 4.78 is 5.10. The van der Waals surface area contributed by atoms with Gasteiger partial charge in [0.15, 0.2) is 0 Å². The van der Waals surface area contributed by atoms with Crippen LogP contribution in [-0.4, -0.2) is 18.7 Å². The van der Waals surface area contributed by atoms with Crippen molar-refractivity contribution in [3.63, 3.8) is 0 Å². The number of hydrogen-bond donors (Lipinski definition) is 2. The number of rotatable bonds is 3. The molecule has 1 atom stereocenters. The van der Waals surface area contributed by atoms with Crippen LogP contribution in [0.3, 0.4) is 0 Å². The van der Waals surface area contributed by atoms with Gasteiger partial charge >= 0.3 is 0 Å². The number of halogens is 1. The third-order valence-corrected chi connectivity index (χ3v) is 3.77. The molecule has 0 saturated heterocycles. The fourth-order valence-electron chi connectivity index (χ4n) is 2.46. The van der Waals surface area contributed by atoms with Crippen molar-refractivity contribution < 1.29 is 9.53 Å². The van der Waals surface area contributed by atoms with E-state index >= 15 is 0 Å². The molecule has 3 rings (SSSR count). The van der Waals surface area contributed by atoms with E-state index in [9.17, 15) is 4.79 Å². The van der Waals surface area contributed by atoms with Crippen molar-refractivity contribution >= 4 is 28.9 Å². The van der Waals surface area contributed by atoms with Crippen molar-refractivity contribution in [1.82, 2.24) is 0 Å². The first-order valence-corrected chi connectivity index (χ1v) is 6.81. The number of amides is 1. The molecule has 4 nitrogen and oxygen atoms in total. The zero-order valence-electron chi connectivity index (χ0n) is 11.3. The maximum atomic E-state index is 12.2. The van der Waals surface area contributed by atoms with E-state index < -0.39 is 5.92 Å². The first-order chi connectivity index (χ1) is 10.1. The van der Waals surface area contributed by atoms with Crippen molar-refractivity contribution in [2.75, 3.05) is 12.4 Å². The Bertz CT molecular complexity index is 726. The first kappa shape index (κ1) is 13.6. The lowest BCUT2D eigenvalue weighted by molar-refractivity contribution is -0.115. The van der Waals surface area contributed by atoms with Gasteiger partial charge in [-0.05, 0) is 47.5 Å². The third-order valence-electron chi connectivity index (χ3n) is 3.54. The Kier molecular flexibility index (Phi) is 3.39. The molecule has 0 bridgehead atoms. The van der Waals surface area contributed by atoms with Crippen molar-refractivity contribution in [2.45, 2.75) is 5.92 Å². The van der Waals surface area contributed by atoms with Gasteiger partial charge in [0.05, 0.1) is 12.8 Å². The maximum absolute atomic E-state index is 12.2. The number of anilines is 1. The predicted octanol–water partition coefficient (Wildman–Crippen LogP) is 3.45. The Morgan fingerprint density at radius 2 is 1.95 bits per heavy atom. The van der Waals surface area contributed by atoms with E-state index in [0.717, 1.165) is 11.3 Å². The van der Waals surface area contributed by atoms with Gasteiger partial charge in [-0.25, -0.2) is 0 Å². The Labute approximate surface area is 127 Å². The summed E-state index contributed by atoms with van der Waals surface area (Å²) in [7, 11) is 1.59. The predicted molar refractivity (Wildman–Crippen MR) is 82.6 cm³/mol. The van der Waals surface area contributed by atoms with Gasteiger partial charge in [0, 0.05) is 10.7 Å². The summed E-state index contributed by atoms with van der Waals surface area (Å²) in [5, 5.41) is 11.7. The highest BCUT2D eigenvalue weighted by Gasteiger charge is 2.34. The summed E-state index contributed by atoms with van der Waals surface area (Å²) in [5.74, 6) is -0.0895. The van der Waals surface area contributed by atoms with Gasteiger partial charge in [-0.1, -0.05) is 17.7 Å². The van der Waals surface area contributed by atoms with E-state index in [1.807, 2.05) is 0 Å². The van der Waals surface area contributed by atoms with E-state index in [-0.39, 0.29) is 11.6 Å². The maximum Gasteiger partial charge on any atom is 0.238 e. The Hall–Kier alpha value is -2.33. The summed E-state index contributed by atoms with van der Waals surface area (Å²) in [6.07, 6.45) is 0. The van der Waals surface area contributed by atoms with Crippen LogP contribution in [0.2, 0.25) is 5.02 Å². The normalized spacial score (nSPS) is 16.3. The second-order valence-corrected chi connectivity index (χ2v) is 5.23. The minimum absolute atomic E-state index is 0.201. The van der Waals surface area contributed by atoms with E-state index in [2.05, 4.69) is 5.32 Å². The van der Waals surface area contributed by atoms with Crippen molar-refractivity contribution in [3.8, 4) is 5.75 Å². The first-order valence-electron chi connectivity index (χ1n) is 6.43. The summed E-state index contributed by atoms with van der Waals surface area (Å²) >= 11 is 5.93. The Balaban J connectivity index is 1.96. The van der Waals surface area contributed by atoms with Crippen LogP contribution in [0, 0.1) is 5.41 Å². The van der Waals surface area contributed by atoms with Gasteiger partial charge < -0.3 is 15.5 Å². The Morgan fingerprint density at radius 3 is 2.62 bits per heavy atom. The smallest absolute Gasteiger partial charge is 0.238 e. The SMILES string of the molecule is COc1ccc(C(=N)C2C(=O)Nc3cc(Cl)ccc32)cc1. The van der Waals surface area contributed by atoms with Crippen molar-refractivity contribution in [2.24, 2.45) is 0 Å².